The standard InChI is InChI=1S/C36H48F3N5O7/c1-8-28-35(7)31(23(5)29(45)21(3)16-20(2)17-22(4)30(46)24(6)32(47)50-28)44(34(49)51-35)15-10-9-14-43-19-27(41-42-43)25-12-11-13-26(18-25)40-33(48)36(37,38)39/h11-13,18-24,28,31H,8-10,14-17H2,1-7H3,(H,40,48)/t20-,21+,22+,23-,24+,28+,31?,35+/m0/s1. The largest absolute Gasteiger partial charge is 0.471 e. The molecule has 2 saturated heterocycles. The lowest BCUT2D eigenvalue weighted by molar-refractivity contribution is -0.171. The Labute approximate surface area is 295 Å². The van der Waals surface area contributed by atoms with E-state index in [1.54, 1.807) is 56.5 Å². The molecule has 8 atom stereocenters. The van der Waals surface area contributed by atoms with Gasteiger partial charge in [0, 0.05) is 42.1 Å². The number of unbranched alkanes of at least 4 members (excludes halogenated alkanes) is 1. The first-order valence-electron chi connectivity index (χ1n) is 17.5. The first-order valence-corrected chi connectivity index (χ1v) is 17.5. The molecule has 2 aliphatic rings. The summed E-state index contributed by atoms with van der Waals surface area (Å²) in [5, 5.41) is 10.0. The van der Waals surface area contributed by atoms with Crippen LogP contribution in [0.5, 0.6) is 0 Å². The van der Waals surface area contributed by atoms with Gasteiger partial charge in [-0.1, -0.05) is 52.0 Å². The van der Waals surface area contributed by atoms with Crippen molar-refractivity contribution in [2.45, 2.75) is 111 Å². The van der Waals surface area contributed by atoms with Crippen molar-refractivity contribution in [2.75, 3.05) is 11.9 Å². The number of esters is 1. The van der Waals surface area contributed by atoms with E-state index >= 15 is 0 Å². The highest BCUT2D eigenvalue weighted by Gasteiger charge is 2.59. The summed E-state index contributed by atoms with van der Waals surface area (Å²) in [5.74, 6) is -5.35. The van der Waals surface area contributed by atoms with E-state index in [9.17, 15) is 37.1 Å². The number of anilines is 1. The number of Topliss-reactive ketones (excluding diaryl/α,β-unsaturated/α-hetero) is 2. The van der Waals surface area contributed by atoms with Crippen molar-refractivity contribution in [3.8, 4) is 11.3 Å². The molecule has 1 unspecified atom stereocenters. The number of nitrogens with one attached hydrogen (secondary N) is 1. The van der Waals surface area contributed by atoms with Gasteiger partial charge < -0.3 is 19.7 Å². The van der Waals surface area contributed by atoms with E-state index in [0.29, 0.717) is 43.5 Å². The Hall–Kier alpha value is -4.30. The van der Waals surface area contributed by atoms with Gasteiger partial charge in [-0.25, -0.2) is 4.79 Å². The second kappa shape index (κ2) is 15.9. The summed E-state index contributed by atoms with van der Waals surface area (Å²) in [6, 6.07) is 5.07. The summed E-state index contributed by atoms with van der Waals surface area (Å²) in [6.07, 6.45) is -2.52. The Kier molecular flexibility index (Phi) is 12.3. The van der Waals surface area contributed by atoms with Gasteiger partial charge in [-0.05, 0) is 64.0 Å². The molecule has 280 valence electrons. The average molecular weight is 720 g/mol. The minimum atomic E-state index is -5.02. The number of aromatic nitrogens is 3. The van der Waals surface area contributed by atoms with Gasteiger partial charge in [-0.15, -0.1) is 5.10 Å². The van der Waals surface area contributed by atoms with Crippen molar-refractivity contribution in [3.63, 3.8) is 0 Å². The lowest BCUT2D eigenvalue weighted by Crippen LogP contribution is -2.57. The quantitative estimate of drug-likeness (QED) is 0.190. The molecule has 1 aromatic heterocycles. The summed E-state index contributed by atoms with van der Waals surface area (Å²) >= 11 is 0. The van der Waals surface area contributed by atoms with Crippen LogP contribution in [0.4, 0.5) is 23.7 Å². The maximum absolute atomic E-state index is 13.9. The number of rotatable bonds is 8. The van der Waals surface area contributed by atoms with Gasteiger partial charge in [0.2, 0.25) is 0 Å². The maximum atomic E-state index is 13.9. The van der Waals surface area contributed by atoms with Gasteiger partial charge in [0.15, 0.2) is 5.60 Å². The number of cyclic esters (lactones) is 1. The minimum absolute atomic E-state index is 0.0378. The molecule has 12 nitrogen and oxygen atoms in total. The lowest BCUT2D eigenvalue weighted by Gasteiger charge is -2.40. The molecule has 3 heterocycles. The Balaban J connectivity index is 1.49. The molecule has 1 aromatic carbocycles. The fourth-order valence-electron chi connectivity index (χ4n) is 7.57. The van der Waals surface area contributed by atoms with E-state index < -0.39 is 53.7 Å². The highest BCUT2D eigenvalue weighted by Crippen LogP contribution is 2.41. The van der Waals surface area contributed by atoms with Crippen LogP contribution in [0.3, 0.4) is 0 Å². The number of nitrogens with zero attached hydrogens (tertiary/aromatic N) is 4. The smallest absolute Gasteiger partial charge is 0.458 e. The van der Waals surface area contributed by atoms with Crippen LogP contribution in [-0.4, -0.2) is 79.9 Å². The summed E-state index contributed by atoms with van der Waals surface area (Å²) in [5.41, 5.74) is -0.565. The van der Waals surface area contributed by atoms with Gasteiger partial charge in [0.05, 0.1) is 12.2 Å². The first kappa shape index (κ1) is 39.5. The van der Waals surface area contributed by atoms with Crippen LogP contribution >= 0.6 is 0 Å². The van der Waals surface area contributed by atoms with Crippen molar-refractivity contribution >= 4 is 35.2 Å². The summed E-state index contributed by atoms with van der Waals surface area (Å²) in [6.45, 7) is 13.1. The van der Waals surface area contributed by atoms with E-state index in [1.165, 1.54) is 18.2 Å². The molecule has 0 saturated carbocycles. The normalized spacial score (nSPS) is 29.6. The Morgan fingerprint density at radius 3 is 2.29 bits per heavy atom. The van der Waals surface area contributed by atoms with Crippen LogP contribution in [0.25, 0.3) is 11.3 Å². The predicted octanol–water partition coefficient (Wildman–Crippen LogP) is 6.24. The molecule has 0 aliphatic carbocycles. The monoisotopic (exact) mass is 719 g/mol. The number of amides is 2. The Morgan fingerprint density at radius 1 is 1.00 bits per heavy atom. The molecule has 4 rings (SSSR count). The Morgan fingerprint density at radius 2 is 1.65 bits per heavy atom. The number of ketones is 2. The number of carbonyl (C=O) groups excluding carboxylic acids is 5. The number of ether oxygens (including phenoxy) is 2. The van der Waals surface area contributed by atoms with Gasteiger partial charge >= 0.3 is 24.1 Å². The van der Waals surface area contributed by atoms with E-state index in [2.05, 4.69) is 10.3 Å². The number of alkyl halides is 3. The number of hydrogen-bond acceptors (Lipinski definition) is 9. The van der Waals surface area contributed by atoms with Crippen molar-refractivity contribution in [2.24, 2.45) is 29.6 Å². The molecule has 15 heteroatoms. The molecule has 2 aliphatic heterocycles. The third-order valence-corrected chi connectivity index (χ3v) is 10.2. The van der Waals surface area contributed by atoms with E-state index in [1.807, 2.05) is 19.2 Å². The number of benzene rings is 1. The molecule has 1 N–H and O–H groups in total. The average Bonchev–Trinajstić information content (AvgIpc) is 3.64. The van der Waals surface area contributed by atoms with Crippen LogP contribution in [0.2, 0.25) is 0 Å². The van der Waals surface area contributed by atoms with E-state index in [4.69, 9.17) is 9.47 Å². The number of hydrogen-bond donors (Lipinski definition) is 1. The fourth-order valence-corrected chi connectivity index (χ4v) is 7.57. The van der Waals surface area contributed by atoms with Crippen LogP contribution in [0.1, 0.15) is 80.6 Å². The van der Waals surface area contributed by atoms with Gasteiger partial charge in [-0.2, -0.15) is 13.2 Å². The maximum Gasteiger partial charge on any atom is 0.471 e. The summed E-state index contributed by atoms with van der Waals surface area (Å²) < 4.78 is 51.6. The van der Waals surface area contributed by atoms with E-state index in [0.717, 1.165) is 0 Å². The summed E-state index contributed by atoms with van der Waals surface area (Å²) in [4.78, 5) is 66.8. The fraction of sp³-hybridized carbons (Fsp3) is 0.639. The van der Waals surface area contributed by atoms with Crippen LogP contribution < -0.4 is 5.32 Å². The Bertz CT molecular complexity index is 1610. The number of aryl methyl sites for hydroxylation is 1. The van der Waals surface area contributed by atoms with Crippen molar-refractivity contribution in [1.29, 1.82) is 0 Å². The number of carbonyl (C=O) groups is 5. The van der Waals surface area contributed by atoms with Crippen LogP contribution in [0, 0.1) is 29.6 Å². The van der Waals surface area contributed by atoms with Gasteiger partial charge in [0.25, 0.3) is 0 Å². The SMILES string of the molecule is CC[C@H]1OC(=O)[C@H](C)C(=O)[C@H](C)C[C@@H](C)C[C@@H](C)C(=O)[C@H](C)C2N(CCCCn3cc(-c4cccc(NC(=O)C(F)(F)F)c4)nn3)C(=O)O[C@@]21C. The number of halogens is 3. The first-order chi connectivity index (χ1) is 23.9. The zero-order chi connectivity index (χ0) is 37.8. The second-order valence-corrected chi connectivity index (χ2v) is 14.3. The lowest BCUT2D eigenvalue weighted by atomic mass is 9.75. The molecule has 51 heavy (non-hydrogen) atoms. The van der Waals surface area contributed by atoms with Crippen molar-refractivity contribution in [1.82, 2.24) is 19.9 Å². The molecule has 0 radical (unpaired) electrons. The van der Waals surface area contributed by atoms with E-state index in [-0.39, 0.29) is 48.0 Å². The van der Waals surface area contributed by atoms with Gasteiger partial charge in [-0.3, -0.25) is 23.9 Å². The molecule has 2 fully saturated rings. The third kappa shape index (κ3) is 8.96. The zero-order valence-electron chi connectivity index (χ0n) is 30.2. The summed E-state index contributed by atoms with van der Waals surface area (Å²) in [7, 11) is 0. The third-order valence-electron chi connectivity index (χ3n) is 10.2. The molecule has 0 bridgehead atoms. The highest BCUT2D eigenvalue weighted by atomic mass is 19.4. The topological polar surface area (TPSA) is 150 Å². The predicted molar refractivity (Wildman–Crippen MR) is 180 cm³/mol. The van der Waals surface area contributed by atoms with Crippen LogP contribution in [-0.2, 0) is 35.2 Å². The van der Waals surface area contributed by atoms with Crippen molar-refractivity contribution in [3.05, 3.63) is 30.5 Å². The molecule has 2 aromatic rings. The molecule has 2 amide bonds. The minimum Gasteiger partial charge on any atom is -0.458 e. The number of fused-ring (bicyclic) bond motifs is 1. The van der Waals surface area contributed by atoms with Gasteiger partial charge in [0.1, 0.15) is 29.3 Å². The highest BCUT2D eigenvalue weighted by molar-refractivity contribution is 5.99. The van der Waals surface area contributed by atoms with Crippen molar-refractivity contribution < 1.29 is 46.6 Å². The zero-order valence-corrected chi connectivity index (χ0v) is 30.2. The molecular weight excluding hydrogens is 671 g/mol. The molecule has 0 spiro atoms. The van der Waals surface area contributed by atoms with Crippen LogP contribution in [0.15, 0.2) is 30.5 Å². The second-order valence-electron chi connectivity index (χ2n) is 14.3. The molecular formula is C36H48F3N5O7.